The van der Waals surface area contributed by atoms with E-state index in [0.29, 0.717) is 13.1 Å². The molecule has 7 heteroatoms. The highest BCUT2D eigenvalue weighted by Gasteiger charge is 2.35. The van der Waals surface area contributed by atoms with Crippen LogP contribution < -0.4 is 4.90 Å². The van der Waals surface area contributed by atoms with Gasteiger partial charge < -0.3 is 9.32 Å². The second-order valence-corrected chi connectivity index (χ2v) is 5.38. The van der Waals surface area contributed by atoms with Crippen LogP contribution in [0.15, 0.2) is 28.7 Å². The molecule has 2 aromatic rings. The smallest absolute Gasteiger partial charge is 0.417 e. The van der Waals surface area contributed by atoms with E-state index in [1.165, 1.54) is 18.2 Å². The Morgan fingerprint density at radius 3 is 2.48 bits per heavy atom. The number of halogens is 3. The summed E-state index contributed by atoms with van der Waals surface area (Å²) >= 11 is 0. The van der Waals surface area contributed by atoms with Gasteiger partial charge in [-0.1, -0.05) is 12.1 Å². The summed E-state index contributed by atoms with van der Waals surface area (Å²) in [6, 6.07) is 6.99. The van der Waals surface area contributed by atoms with Gasteiger partial charge in [0.15, 0.2) is 0 Å². The zero-order valence-corrected chi connectivity index (χ0v) is 12.2. The van der Waals surface area contributed by atoms with Crippen LogP contribution in [0.4, 0.5) is 19.1 Å². The van der Waals surface area contributed by atoms with Gasteiger partial charge in [0.05, 0.1) is 5.56 Å². The molecule has 0 N–H and O–H groups in total. The number of oxazole rings is 1. The van der Waals surface area contributed by atoms with Crippen LogP contribution in [0, 0.1) is 11.3 Å². The van der Waals surface area contributed by atoms with E-state index in [4.69, 9.17) is 4.42 Å². The maximum Gasteiger partial charge on any atom is 0.417 e. The van der Waals surface area contributed by atoms with Crippen LogP contribution in [-0.4, -0.2) is 18.1 Å². The van der Waals surface area contributed by atoms with Crippen LogP contribution in [0.25, 0.3) is 11.5 Å². The van der Waals surface area contributed by atoms with Crippen molar-refractivity contribution in [1.82, 2.24) is 4.98 Å². The fourth-order valence-electron chi connectivity index (χ4n) is 2.73. The number of hydrogen-bond acceptors (Lipinski definition) is 4. The van der Waals surface area contributed by atoms with Crippen LogP contribution in [0.2, 0.25) is 0 Å². The Balaban J connectivity index is 2.05. The molecule has 1 saturated heterocycles. The SMILES string of the molecule is N#Cc1nc(-c2ccccc2C(F)(F)F)oc1N1CCCCC1. The lowest BCUT2D eigenvalue weighted by molar-refractivity contribution is -0.137. The lowest BCUT2D eigenvalue weighted by atomic mass is 10.1. The summed E-state index contributed by atoms with van der Waals surface area (Å²) in [4.78, 5) is 5.85. The van der Waals surface area contributed by atoms with Crippen molar-refractivity contribution < 1.29 is 17.6 Å². The van der Waals surface area contributed by atoms with Crippen molar-refractivity contribution in [3.8, 4) is 17.5 Å². The fourth-order valence-corrected chi connectivity index (χ4v) is 2.73. The molecular weight excluding hydrogens is 307 g/mol. The summed E-state index contributed by atoms with van der Waals surface area (Å²) in [6.07, 6.45) is -1.50. The Morgan fingerprint density at radius 1 is 1.13 bits per heavy atom. The third-order valence-electron chi connectivity index (χ3n) is 3.82. The molecule has 0 atom stereocenters. The van der Waals surface area contributed by atoms with Gasteiger partial charge in [0.25, 0.3) is 0 Å². The minimum Gasteiger partial charge on any atom is -0.419 e. The van der Waals surface area contributed by atoms with Gasteiger partial charge in [0, 0.05) is 18.7 Å². The highest BCUT2D eigenvalue weighted by Crippen LogP contribution is 2.38. The highest BCUT2D eigenvalue weighted by atomic mass is 19.4. The van der Waals surface area contributed by atoms with Gasteiger partial charge in [0.2, 0.25) is 17.5 Å². The Kier molecular flexibility index (Phi) is 3.99. The van der Waals surface area contributed by atoms with E-state index in [9.17, 15) is 18.4 Å². The maximum absolute atomic E-state index is 13.1. The van der Waals surface area contributed by atoms with Gasteiger partial charge in [-0.25, -0.2) is 0 Å². The predicted octanol–water partition coefficient (Wildman–Crippen LogP) is 4.22. The molecule has 1 aromatic carbocycles. The topological polar surface area (TPSA) is 53.1 Å². The van der Waals surface area contributed by atoms with Gasteiger partial charge >= 0.3 is 6.18 Å². The molecule has 0 unspecified atom stereocenters. The van der Waals surface area contributed by atoms with E-state index in [2.05, 4.69) is 4.98 Å². The largest absolute Gasteiger partial charge is 0.419 e. The van der Waals surface area contributed by atoms with Crippen LogP contribution in [-0.2, 0) is 6.18 Å². The number of hydrogen-bond donors (Lipinski definition) is 0. The predicted molar refractivity (Wildman–Crippen MR) is 77.7 cm³/mol. The first-order valence-corrected chi connectivity index (χ1v) is 7.33. The van der Waals surface area contributed by atoms with Crippen molar-refractivity contribution >= 4 is 5.88 Å². The number of nitrogens with zero attached hydrogens (tertiary/aromatic N) is 3. The van der Waals surface area contributed by atoms with Crippen molar-refractivity contribution in [2.24, 2.45) is 0 Å². The maximum atomic E-state index is 13.1. The van der Waals surface area contributed by atoms with Gasteiger partial charge in [-0.15, -0.1) is 0 Å². The number of rotatable bonds is 2. The summed E-state index contributed by atoms with van der Waals surface area (Å²) in [7, 11) is 0. The van der Waals surface area contributed by atoms with E-state index in [1.54, 1.807) is 0 Å². The second-order valence-electron chi connectivity index (χ2n) is 5.38. The molecule has 1 aromatic heterocycles. The molecule has 1 aliphatic rings. The van der Waals surface area contributed by atoms with Gasteiger partial charge in [-0.05, 0) is 31.4 Å². The Morgan fingerprint density at radius 2 is 1.83 bits per heavy atom. The Labute approximate surface area is 131 Å². The third-order valence-corrected chi connectivity index (χ3v) is 3.82. The summed E-state index contributed by atoms with van der Waals surface area (Å²) < 4.78 is 45.0. The monoisotopic (exact) mass is 321 g/mol. The summed E-state index contributed by atoms with van der Waals surface area (Å²) in [5.74, 6) is 0.0919. The van der Waals surface area contributed by atoms with E-state index < -0.39 is 11.7 Å². The molecule has 1 fully saturated rings. The minimum atomic E-state index is -4.51. The molecule has 23 heavy (non-hydrogen) atoms. The van der Waals surface area contributed by atoms with Gasteiger partial charge in [-0.3, -0.25) is 0 Å². The average Bonchev–Trinajstić information content (AvgIpc) is 2.99. The molecular formula is C16H14F3N3O. The molecule has 3 rings (SSSR count). The summed E-state index contributed by atoms with van der Waals surface area (Å²) in [6.45, 7) is 1.43. The third kappa shape index (κ3) is 3.02. The molecule has 0 aliphatic carbocycles. The molecule has 0 saturated carbocycles. The van der Waals surface area contributed by atoms with Crippen molar-refractivity contribution in [3.05, 3.63) is 35.5 Å². The quantitative estimate of drug-likeness (QED) is 0.831. The first kappa shape index (κ1) is 15.4. The van der Waals surface area contributed by atoms with Crippen molar-refractivity contribution in [3.63, 3.8) is 0 Å². The minimum absolute atomic E-state index is 0.0267. The molecule has 4 nitrogen and oxygen atoms in total. The molecule has 1 aliphatic heterocycles. The first-order chi connectivity index (χ1) is 11.0. The normalized spacial score (nSPS) is 15.5. The second kappa shape index (κ2) is 5.95. The summed E-state index contributed by atoms with van der Waals surface area (Å²) in [5, 5.41) is 9.22. The Hall–Kier alpha value is -2.49. The summed E-state index contributed by atoms with van der Waals surface area (Å²) in [5.41, 5.74) is -0.949. The number of nitriles is 1. The fraction of sp³-hybridized carbons (Fsp3) is 0.375. The number of benzene rings is 1. The molecule has 120 valence electrons. The zero-order chi connectivity index (χ0) is 16.4. The van der Waals surface area contributed by atoms with Crippen LogP contribution in [0.1, 0.15) is 30.5 Å². The van der Waals surface area contributed by atoms with E-state index in [0.717, 1.165) is 25.3 Å². The van der Waals surface area contributed by atoms with Gasteiger partial charge in [0.1, 0.15) is 6.07 Å². The molecule has 0 radical (unpaired) electrons. The van der Waals surface area contributed by atoms with Gasteiger partial charge in [-0.2, -0.15) is 23.4 Å². The lowest BCUT2D eigenvalue weighted by Gasteiger charge is -2.25. The van der Waals surface area contributed by atoms with E-state index >= 15 is 0 Å². The Bertz CT molecular complexity index is 740. The first-order valence-electron chi connectivity index (χ1n) is 7.33. The highest BCUT2D eigenvalue weighted by molar-refractivity contribution is 5.63. The van der Waals surface area contributed by atoms with Crippen molar-refractivity contribution in [2.45, 2.75) is 25.4 Å². The van der Waals surface area contributed by atoms with Crippen molar-refractivity contribution in [1.29, 1.82) is 5.26 Å². The van der Waals surface area contributed by atoms with Crippen molar-refractivity contribution in [2.75, 3.05) is 18.0 Å². The number of piperidine rings is 1. The molecule has 2 heterocycles. The standard InChI is InChI=1S/C16H14F3N3O/c17-16(18,19)12-7-3-2-6-11(12)14-21-13(10-20)15(23-14)22-8-4-1-5-9-22/h2-3,6-7H,1,4-5,8-9H2. The lowest BCUT2D eigenvalue weighted by Crippen LogP contribution is -2.29. The number of anilines is 1. The number of aromatic nitrogens is 1. The van der Waals surface area contributed by atoms with Crippen LogP contribution >= 0.6 is 0 Å². The van der Waals surface area contributed by atoms with Crippen LogP contribution in [0.5, 0.6) is 0 Å². The average molecular weight is 321 g/mol. The zero-order valence-electron chi connectivity index (χ0n) is 12.2. The molecule has 0 bridgehead atoms. The number of alkyl halides is 3. The molecule has 0 amide bonds. The van der Waals surface area contributed by atoms with E-state index in [1.807, 2.05) is 11.0 Å². The molecule has 0 spiro atoms. The van der Waals surface area contributed by atoms with Crippen LogP contribution in [0.3, 0.4) is 0 Å². The van der Waals surface area contributed by atoms with E-state index in [-0.39, 0.29) is 23.0 Å².